The van der Waals surface area contributed by atoms with Crippen molar-refractivity contribution in [3.8, 4) is 0 Å². The first-order valence-electron chi connectivity index (χ1n) is 8.99. The van der Waals surface area contributed by atoms with Crippen molar-refractivity contribution in [1.29, 1.82) is 0 Å². The minimum absolute atomic E-state index is 0.309. The number of fused-ring (bicyclic) bond motifs is 1. The van der Waals surface area contributed by atoms with Gasteiger partial charge in [-0.1, -0.05) is 37.1 Å². The predicted molar refractivity (Wildman–Crippen MR) is 106 cm³/mol. The van der Waals surface area contributed by atoms with E-state index in [2.05, 4.69) is 5.32 Å². The van der Waals surface area contributed by atoms with Crippen LogP contribution in [0.15, 0.2) is 24.3 Å². The fourth-order valence-corrected chi connectivity index (χ4v) is 4.62. The van der Waals surface area contributed by atoms with Crippen molar-refractivity contribution in [2.24, 2.45) is 0 Å². The zero-order chi connectivity index (χ0) is 18.5. The number of benzene rings is 1. The average Bonchev–Trinajstić information content (AvgIpc) is 2.81. The van der Waals surface area contributed by atoms with Crippen LogP contribution in [0, 0.1) is 0 Å². The van der Waals surface area contributed by atoms with Crippen LogP contribution in [0.25, 0.3) is 0 Å². The number of hydrogen-bond donors (Lipinski definition) is 1. The van der Waals surface area contributed by atoms with E-state index in [0.717, 1.165) is 44.1 Å². The van der Waals surface area contributed by atoms with Crippen LogP contribution in [0.4, 0.5) is 5.00 Å². The number of aryl methyl sites for hydroxylation is 1. The van der Waals surface area contributed by atoms with Gasteiger partial charge in [0, 0.05) is 4.88 Å². The number of amides is 1. The monoisotopic (exact) mass is 391 g/mol. The molecular weight excluding hydrogens is 370 g/mol. The minimum Gasteiger partial charge on any atom is -0.462 e. The molecule has 2 aromatic rings. The second kappa shape index (κ2) is 8.69. The fraction of sp³-hybridized carbons (Fsp3) is 0.400. The second-order valence-corrected chi connectivity index (χ2v) is 7.85. The van der Waals surface area contributed by atoms with Gasteiger partial charge in [0.15, 0.2) is 0 Å². The molecule has 0 fully saturated rings. The zero-order valence-corrected chi connectivity index (χ0v) is 16.3. The third-order valence-electron chi connectivity index (χ3n) is 4.41. The molecule has 0 aliphatic heterocycles. The molecule has 6 heteroatoms. The number of carbonyl (C=O) groups is 2. The summed E-state index contributed by atoms with van der Waals surface area (Å²) < 4.78 is 5.38. The van der Waals surface area contributed by atoms with Gasteiger partial charge in [0.05, 0.1) is 22.8 Å². The van der Waals surface area contributed by atoms with E-state index in [4.69, 9.17) is 16.3 Å². The van der Waals surface area contributed by atoms with Gasteiger partial charge in [0.2, 0.25) is 0 Å². The van der Waals surface area contributed by atoms with E-state index < -0.39 is 0 Å². The Hall–Kier alpha value is -1.85. The molecule has 0 radical (unpaired) electrons. The molecule has 1 aromatic heterocycles. The zero-order valence-electron chi connectivity index (χ0n) is 14.8. The summed E-state index contributed by atoms with van der Waals surface area (Å²) in [6, 6.07) is 6.89. The second-order valence-electron chi connectivity index (χ2n) is 6.34. The quantitative estimate of drug-likeness (QED) is 0.541. The van der Waals surface area contributed by atoms with Gasteiger partial charge in [-0.15, -0.1) is 11.3 Å². The van der Waals surface area contributed by atoms with Gasteiger partial charge in [0.25, 0.3) is 5.91 Å². The van der Waals surface area contributed by atoms with Crippen molar-refractivity contribution in [3.05, 3.63) is 50.9 Å². The molecule has 0 saturated carbocycles. The molecule has 0 bridgehead atoms. The molecule has 3 rings (SSSR count). The molecule has 1 amide bonds. The molecule has 4 nitrogen and oxygen atoms in total. The maximum Gasteiger partial charge on any atom is 0.341 e. The van der Waals surface area contributed by atoms with Crippen LogP contribution in [0.3, 0.4) is 0 Å². The molecular formula is C20H22ClNO3S. The molecule has 1 heterocycles. The Balaban J connectivity index is 1.94. The van der Waals surface area contributed by atoms with E-state index in [0.29, 0.717) is 27.8 Å². The summed E-state index contributed by atoms with van der Waals surface area (Å²) in [5.74, 6) is -0.655. The molecule has 1 aliphatic rings. The molecule has 0 saturated heterocycles. The third-order valence-corrected chi connectivity index (χ3v) is 5.95. The van der Waals surface area contributed by atoms with Crippen LogP contribution in [0.2, 0.25) is 5.02 Å². The number of carbonyl (C=O) groups excluding carboxylic acids is 2. The number of rotatable bonds is 5. The smallest absolute Gasteiger partial charge is 0.341 e. The lowest BCUT2D eigenvalue weighted by Gasteiger charge is -2.09. The Kier molecular flexibility index (Phi) is 6.33. The van der Waals surface area contributed by atoms with Crippen LogP contribution < -0.4 is 5.32 Å². The first kappa shape index (κ1) is 18.9. The van der Waals surface area contributed by atoms with Crippen LogP contribution in [0.5, 0.6) is 0 Å². The highest BCUT2D eigenvalue weighted by molar-refractivity contribution is 7.17. The molecule has 1 aromatic carbocycles. The molecule has 1 N–H and O–H groups in total. The highest BCUT2D eigenvalue weighted by Gasteiger charge is 2.27. The number of thiophene rings is 1. The van der Waals surface area contributed by atoms with Crippen molar-refractivity contribution in [1.82, 2.24) is 0 Å². The molecule has 0 unspecified atom stereocenters. The van der Waals surface area contributed by atoms with Gasteiger partial charge in [-0.3, -0.25) is 4.79 Å². The van der Waals surface area contributed by atoms with Gasteiger partial charge in [-0.05, 0) is 49.8 Å². The van der Waals surface area contributed by atoms with Gasteiger partial charge >= 0.3 is 5.97 Å². The molecule has 1 aliphatic carbocycles. The highest BCUT2D eigenvalue weighted by atomic mass is 35.5. The number of ether oxygens (including phenoxy) is 1. The summed E-state index contributed by atoms with van der Waals surface area (Å²) in [4.78, 5) is 26.5. The van der Waals surface area contributed by atoms with E-state index >= 15 is 0 Å². The Labute approximate surface area is 162 Å². The number of halogens is 1. The van der Waals surface area contributed by atoms with Crippen molar-refractivity contribution in [2.45, 2.75) is 45.4 Å². The van der Waals surface area contributed by atoms with Gasteiger partial charge < -0.3 is 10.1 Å². The molecule has 26 heavy (non-hydrogen) atoms. The Bertz CT molecular complexity index is 815. The van der Waals surface area contributed by atoms with Crippen molar-refractivity contribution in [2.75, 3.05) is 11.9 Å². The van der Waals surface area contributed by atoms with E-state index in [9.17, 15) is 9.59 Å². The van der Waals surface area contributed by atoms with Gasteiger partial charge in [-0.2, -0.15) is 0 Å². The molecule has 0 atom stereocenters. The number of nitrogens with one attached hydrogen (secondary N) is 1. The van der Waals surface area contributed by atoms with E-state index in [1.165, 1.54) is 16.2 Å². The maximum absolute atomic E-state index is 12.7. The standard InChI is InChI=1S/C20H22ClNO3S/c1-2-12-25-20(24)17-14-9-4-3-5-11-16(14)26-19(17)22-18(23)13-8-6-7-10-15(13)21/h6-8,10H,2-5,9,11-12H2,1H3,(H,22,23). The molecule has 138 valence electrons. The number of esters is 1. The lowest BCUT2D eigenvalue weighted by atomic mass is 10.1. The van der Waals surface area contributed by atoms with E-state index in [-0.39, 0.29) is 11.9 Å². The topological polar surface area (TPSA) is 55.4 Å². The first-order chi connectivity index (χ1) is 12.6. The lowest BCUT2D eigenvalue weighted by Crippen LogP contribution is -2.16. The minimum atomic E-state index is -0.347. The van der Waals surface area contributed by atoms with Crippen LogP contribution in [0.1, 0.15) is 63.8 Å². The number of hydrogen-bond acceptors (Lipinski definition) is 4. The van der Waals surface area contributed by atoms with Crippen molar-refractivity contribution >= 4 is 39.8 Å². The van der Waals surface area contributed by atoms with Gasteiger partial charge in [-0.25, -0.2) is 4.79 Å². The lowest BCUT2D eigenvalue weighted by molar-refractivity contribution is 0.0505. The van der Waals surface area contributed by atoms with Gasteiger partial charge in [0.1, 0.15) is 5.00 Å². The van der Waals surface area contributed by atoms with E-state index in [1.54, 1.807) is 24.3 Å². The SMILES string of the molecule is CCCOC(=O)c1c(NC(=O)c2ccccc2Cl)sc2c1CCCCC2. The Morgan fingerprint density at radius 2 is 1.96 bits per heavy atom. The van der Waals surface area contributed by atoms with Crippen molar-refractivity contribution in [3.63, 3.8) is 0 Å². The van der Waals surface area contributed by atoms with Crippen LogP contribution in [-0.2, 0) is 17.6 Å². The average molecular weight is 392 g/mol. The largest absolute Gasteiger partial charge is 0.462 e. The van der Waals surface area contributed by atoms with Crippen LogP contribution >= 0.6 is 22.9 Å². The maximum atomic E-state index is 12.7. The third kappa shape index (κ3) is 4.10. The summed E-state index contributed by atoms with van der Waals surface area (Å²) >= 11 is 7.62. The van der Waals surface area contributed by atoms with Crippen LogP contribution in [-0.4, -0.2) is 18.5 Å². The molecule has 0 spiro atoms. The number of anilines is 1. The van der Waals surface area contributed by atoms with E-state index in [1.807, 2.05) is 6.92 Å². The Morgan fingerprint density at radius 3 is 2.73 bits per heavy atom. The predicted octanol–water partition coefficient (Wildman–Crippen LogP) is 5.49. The van der Waals surface area contributed by atoms with Crippen molar-refractivity contribution < 1.29 is 14.3 Å². The summed E-state index contributed by atoms with van der Waals surface area (Å²) in [7, 11) is 0. The highest BCUT2D eigenvalue weighted by Crippen LogP contribution is 2.38. The summed E-state index contributed by atoms with van der Waals surface area (Å²) in [5, 5.41) is 3.86. The summed E-state index contributed by atoms with van der Waals surface area (Å²) in [6.45, 7) is 2.34. The summed E-state index contributed by atoms with van der Waals surface area (Å²) in [5.41, 5.74) is 1.97. The normalized spacial score (nSPS) is 13.6. The Morgan fingerprint density at radius 1 is 1.19 bits per heavy atom. The fourth-order valence-electron chi connectivity index (χ4n) is 3.13. The summed E-state index contributed by atoms with van der Waals surface area (Å²) in [6.07, 6.45) is 5.87. The first-order valence-corrected chi connectivity index (χ1v) is 10.2.